The summed E-state index contributed by atoms with van der Waals surface area (Å²) in [5, 5.41) is 2.57. The zero-order valence-corrected chi connectivity index (χ0v) is 9.90. The molecule has 0 bridgehead atoms. The predicted octanol–water partition coefficient (Wildman–Crippen LogP) is 2.86. The lowest BCUT2D eigenvalue weighted by Gasteiger charge is -2.06. The van der Waals surface area contributed by atoms with Gasteiger partial charge in [0.15, 0.2) is 0 Å². The van der Waals surface area contributed by atoms with E-state index < -0.39 is 5.91 Å². The van der Waals surface area contributed by atoms with Crippen LogP contribution in [0.1, 0.15) is 12.5 Å². The molecule has 0 aliphatic carbocycles. The third-order valence-electron chi connectivity index (χ3n) is 1.75. The highest BCUT2D eigenvalue weighted by atomic mass is 79.9. The molecule has 0 saturated carbocycles. The maximum atomic E-state index is 13.1. The van der Waals surface area contributed by atoms with Crippen LogP contribution >= 0.6 is 15.9 Å². The highest BCUT2D eigenvalue weighted by Gasteiger charge is 2.06. The van der Waals surface area contributed by atoms with Gasteiger partial charge in [-0.3, -0.25) is 4.79 Å². The zero-order valence-electron chi connectivity index (χ0n) is 8.32. The molecule has 0 fully saturated rings. The number of hydrogen-bond donors (Lipinski definition) is 1. The fourth-order valence-corrected chi connectivity index (χ4v) is 1.39. The predicted molar refractivity (Wildman–Crippen MR) is 60.9 cm³/mol. The maximum absolute atomic E-state index is 13.1. The molecule has 0 radical (unpaired) electrons. The Morgan fingerprint density at radius 2 is 2.20 bits per heavy atom. The maximum Gasteiger partial charge on any atom is 0.300 e. The van der Waals surface area contributed by atoms with Crippen molar-refractivity contribution in [3.63, 3.8) is 0 Å². The van der Waals surface area contributed by atoms with Crippen molar-refractivity contribution in [3.8, 4) is 11.8 Å². The van der Waals surface area contributed by atoms with E-state index in [1.165, 1.54) is 12.1 Å². The SMILES string of the molecule is CC#CC(=O)Nc1cc(Br)c(F)cc1C. The van der Waals surface area contributed by atoms with Crippen LogP contribution in [0, 0.1) is 24.6 Å². The Hall–Kier alpha value is -1.34. The normalized spacial score (nSPS) is 9.07. The van der Waals surface area contributed by atoms with Crippen molar-refractivity contribution in [3.05, 3.63) is 28.0 Å². The molecule has 0 spiro atoms. The molecule has 2 nitrogen and oxygen atoms in total. The summed E-state index contributed by atoms with van der Waals surface area (Å²) in [6, 6.07) is 2.86. The minimum atomic E-state index is -0.404. The molecule has 0 heterocycles. The minimum absolute atomic E-state index is 0.313. The van der Waals surface area contributed by atoms with Gasteiger partial charge in [-0.05, 0) is 53.4 Å². The van der Waals surface area contributed by atoms with Crippen molar-refractivity contribution in [1.82, 2.24) is 0 Å². The summed E-state index contributed by atoms with van der Waals surface area (Å²) in [4.78, 5) is 11.2. The van der Waals surface area contributed by atoms with Crippen molar-refractivity contribution >= 4 is 27.5 Å². The fourth-order valence-electron chi connectivity index (χ4n) is 1.05. The summed E-state index contributed by atoms with van der Waals surface area (Å²) in [7, 11) is 0. The van der Waals surface area contributed by atoms with Crippen molar-refractivity contribution < 1.29 is 9.18 Å². The van der Waals surface area contributed by atoms with Gasteiger partial charge in [0.2, 0.25) is 0 Å². The Morgan fingerprint density at radius 3 is 2.80 bits per heavy atom. The number of carbonyl (C=O) groups excluding carboxylic acids is 1. The van der Waals surface area contributed by atoms with Crippen LogP contribution in [-0.4, -0.2) is 5.91 Å². The molecule has 0 saturated heterocycles. The molecule has 1 N–H and O–H groups in total. The van der Waals surface area contributed by atoms with E-state index in [4.69, 9.17) is 0 Å². The molecule has 78 valence electrons. The van der Waals surface area contributed by atoms with Crippen LogP contribution in [0.4, 0.5) is 10.1 Å². The Kier molecular flexibility index (Phi) is 3.87. The van der Waals surface area contributed by atoms with Gasteiger partial charge >= 0.3 is 0 Å². The molecular weight excluding hydrogens is 261 g/mol. The van der Waals surface area contributed by atoms with Crippen LogP contribution in [0.15, 0.2) is 16.6 Å². The molecule has 1 aromatic rings. The molecular formula is C11H9BrFNO. The highest BCUT2D eigenvalue weighted by molar-refractivity contribution is 9.10. The van der Waals surface area contributed by atoms with Crippen LogP contribution in [0.25, 0.3) is 0 Å². The van der Waals surface area contributed by atoms with E-state index in [2.05, 4.69) is 33.1 Å². The van der Waals surface area contributed by atoms with Crippen LogP contribution in [0.5, 0.6) is 0 Å². The van der Waals surface area contributed by atoms with E-state index >= 15 is 0 Å². The van der Waals surface area contributed by atoms with Crippen LogP contribution < -0.4 is 5.32 Å². The van der Waals surface area contributed by atoms with Gasteiger partial charge in [-0.1, -0.05) is 5.92 Å². The number of halogens is 2. The first-order chi connectivity index (χ1) is 7.04. The minimum Gasteiger partial charge on any atom is -0.315 e. The zero-order chi connectivity index (χ0) is 11.4. The van der Waals surface area contributed by atoms with Gasteiger partial charge in [0.1, 0.15) is 5.82 Å². The van der Waals surface area contributed by atoms with Crippen molar-refractivity contribution in [2.75, 3.05) is 5.32 Å². The Bertz CT molecular complexity index is 460. The molecule has 0 aromatic heterocycles. The smallest absolute Gasteiger partial charge is 0.300 e. The number of nitrogens with one attached hydrogen (secondary N) is 1. The number of carbonyl (C=O) groups is 1. The van der Waals surface area contributed by atoms with E-state index in [9.17, 15) is 9.18 Å². The van der Waals surface area contributed by atoms with Gasteiger partial charge < -0.3 is 5.32 Å². The summed E-state index contributed by atoms with van der Waals surface area (Å²) < 4.78 is 13.4. The monoisotopic (exact) mass is 269 g/mol. The average molecular weight is 270 g/mol. The van der Waals surface area contributed by atoms with Crippen LogP contribution in [0.2, 0.25) is 0 Å². The molecule has 1 rings (SSSR count). The Balaban J connectivity index is 2.99. The van der Waals surface area contributed by atoms with Gasteiger partial charge in [-0.25, -0.2) is 4.39 Å². The number of rotatable bonds is 1. The number of hydrogen-bond acceptors (Lipinski definition) is 1. The molecule has 0 unspecified atom stereocenters. The van der Waals surface area contributed by atoms with E-state index in [1.54, 1.807) is 13.8 Å². The van der Waals surface area contributed by atoms with Crippen LogP contribution in [-0.2, 0) is 4.79 Å². The van der Waals surface area contributed by atoms with E-state index in [1.807, 2.05) is 0 Å². The number of aryl methyl sites for hydroxylation is 1. The quantitative estimate of drug-likeness (QED) is 0.781. The average Bonchev–Trinajstić information content (AvgIpc) is 2.14. The van der Waals surface area contributed by atoms with E-state index in [0.29, 0.717) is 15.7 Å². The third-order valence-corrected chi connectivity index (χ3v) is 2.36. The summed E-state index contributed by atoms with van der Waals surface area (Å²) in [6.07, 6.45) is 0. The van der Waals surface area contributed by atoms with Gasteiger partial charge in [0.25, 0.3) is 5.91 Å². The molecule has 15 heavy (non-hydrogen) atoms. The number of anilines is 1. The number of benzene rings is 1. The topological polar surface area (TPSA) is 29.1 Å². The molecule has 1 aromatic carbocycles. The lowest BCUT2D eigenvalue weighted by atomic mass is 10.2. The first kappa shape index (κ1) is 11.7. The largest absolute Gasteiger partial charge is 0.315 e. The summed E-state index contributed by atoms with van der Waals surface area (Å²) in [5.74, 6) is 4.07. The molecule has 0 atom stereocenters. The van der Waals surface area contributed by atoms with Gasteiger partial charge in [0.05, 0.1) is 4.47 Å². The van der Waals surface area contributed by atoms with Gasteiger partial charge in [0, 0.05) is 5.69 Å². The second-order valence-corrected chi connectivity index (χ2v) is 3.76. The molecule has 0 aliphatic rings. The van der Waals surface area contributed by atoms with Crippen molar-refractivity contribution in [2.24, 2.45) is 0 Å². The first-order valence-corrected chi connectivity index (χ1v) is 5.03. The lowest BCUT2D eigenvalue weighted by Crippen LogP contribution is -2.09. The Labute approximate surface area is 96.0 Å². The number of amides is 1. The second-order valence-electron chi connectivity index (χ2n) is 2.91. The molecule has 4 heteroatoms. The summed E-state index contributed by atoms with van der Waals surface area (Å²) in [5.41, 5.74) is 1.21. The van der Waals surface area contributed by atoms with E-state index in [-0.39, 0.29) is 5.82 Å². The van der Waals surface area contributed by atoms with Crippen molar-refractivity contribution in [2.45, 2.75) is 13.8 Å². The van der Waals surface area contributed by atoms with Crippen molar-refractivity contribution in [1.29, 1.82) is 0 Å². The molecule has 1 amide bonds. The first-order valence-electron chi connectivity index (χ1n) is 4.24. The summed E-state index contributed by atoms with van der Waals surface area (Å²) in [6.45, 7) is 3.29. The fraction of sp³-hybridized carbons (Fsp3) is 0.182. The van der Waals surface area contributed by atoms with Gasteiger partial charge in [-0.15, -0.1) is 0 Å². The summed E-state index contributed by atoms with van der Waals surface area (Å²) >= 11 is 3.05. The van der Waals surface area contributed by atoms with Crippen LogP contribution in [0.3, 0.4) is 0 Å². The Morgan fingerprint density at radius 1 is 1.53 bits per heavy atom. The van der Waals surface area contributed by atoms with E-state index in [0.717, 1.165) is 0 Å². The molecule has 0 aliphatic heterocycles. The third kappa shape index (κ3) is 3.07. The van der Waals surface area contributed by atoms with Gasteiger partial charge in [-0.2, -0.15) is 0 Å². The lowest BCUT2D eigenvalue weighted by molar-refractivity contribution is -0.111. The highest BCUT2D eigenvalue weighted by Crippen LogP contribution is 2.23. The standard InChI is InChI=1S/C11H9BrFNO/c1-3-4-11(15)14-10-6-8(12)9(13)5-7(10)2/h5-6H,1-2H3,(H,14,15). The second kappa shape index (κ2) is 4.94.